The van der Waals surface area contributed by atoms with Gasteiger partial charge in [0.05, 0.1) is 9.77 Å². The number of sulfonamides is 1. The molecule has 0 saturated carbocycles. The van der Waals surface area contributed by atoms with Crippen molar-refractivity contribution in [2.75, 3.05) is 26.2 Å². The van der Waals surface area contributed by atoms with Crippen molar-refractivity contribution < 1.29 is 13.2 Å². The van der Waals surface area contributed by atoms with Gasteiger partial charge in [0.25, 0.3) is 5.91 Å². The third-order valence-corrected chi connectivity index (χ3v) is 6.08. The van der Waals surface area contributed by atoms with Gasteiger partial charge in [0.1, 0.15) is 0 Å². The molecule has 1 aliphatic rings. The van der Waals surface area contributed by atoms with Gasteiger partial charge in [0.15, 0.2) is 0 Å². The minimum Gasteiger partial charge on any atom is -0.365 e. The van der Waals surface area contributed by atoms with Crippen LogP contribution in [0.5, 0.6) is 0 Å². The lowest BCUT2D eigenvalue weighted by molar-refractivity contribution is 0.100. The third-order valence-electron chi connectivity index (χ3n) is 3.55. The van der Waals surface area contributed by atoms with Gasteiger partial charge in [0, 0.05) is 18.5 Å². The summed E-state index contributed by atoms with van der Waals surface area (Å²) in [6.45, 7) is 3.16. The molecule has 0 aliphatic carbocycles. The van der Waals surface area contributed by atoms with E-state index in [-0.39, 0.29) is 9.77 Å². The fraction of sp³-hybridized carbons (Fsp3) is 0.615. The molecule has 6 nitrogen and oxygen atoms in total. The molecular weight excluding hydrogens is 310 g/mol. The fourth-order valence-electron chi connectivity index (χ4n) is 2.37. The molecule has 1 amide bonds. The van der Waals surface area contributed by atoms with Crippen molar-refractivity contribution in [2.45, 2.75) is 30.6 Å². The van der Waals surface area contributed by atoms with Gasteiger partial charge >= 0.3 is 0 Å². The highest BCUT2D eigenvalue weighted by atomic mass is 32.2. The van der Waals surface area contributed by atoms with Gasteiger partial charge in [-0.1, -0.05) is 12.8 Å². The largest absolute Gasteiger partial charge is 0.365 e. The molecule has 0 atom stereocenters. The molecule has 1 aromatic rings. The highest BCUT2D eigenvalue weighted by Gasteiger charge is 2.18. The lowest BCUT2D eigenvalue weighted by atomic mass is 10.2. The van der Waals surface area contributed by atoms with E-state index >= 15 is 0 Å². The molecule has 1 aromatic heterocycles. The number of amides is 1. The van der Waals surface area contributed by atoms with E-state index in [4.69, 9.17) is 5.73 Å². The molecule has 0 bridgehead atoms. The van der Waals surface area contributed by atoms with Gasteiger partial charge in [-0.15, -0.1) is 11.3 Å². The first kappa shape index (κ1) is 16.4. The molecule has 0 radical (unpaired) electrons. The molecule has 1 fully saturated rings. The van der Waals surface area contributed by atoms with E-state index in [1.807, 2.05) is 0 Å². The Balaban J connectivity index is 1.87. The number of thiophene rings is 1. The molecule has 2 heterocycles. The molecule has 0 aromatic carbocycles. The average molecular weight is 331 g/mol. The Labute approximate surface area is 129 Å². The van der Waals surface area contributed by atoms with Gasteiger partial charge in [-0.2, -0.15) is 0 Å². The lowest BCUT2D eigenvalue weighted by Crippen LogP contribution is -2.35. The quantitative estimate of drug-likeness (QED) is 0.813. The zero-order valence-electron chi connectivity index (χ0n) is 11.9. The second-order valence-electron chi connectivity index (χ2n) is 5.16. The van der Waals surface area contributed by atoms with Crippen molar-refractivity contribution in [3.63, 3.8) is 0 Å². The Morgan fingerprint density at radius 2 is 1.95 bits per heavy atom. The van der Waals surface area contributed by atoms with Crippen molar-refractivity contribution in [3.8, 4) is 0 Å². The van der Waals surface area contributed by atoms with Gasteiger partial charge in [0.2, 0.25) is 10.0 Å². The van der Waals surface area contributed by atoms with Crippen LogP contribution in [0.15, 0.2) is 16.3 Å². The first-order valence-corrected chi connectivity index (χ1v) is 9.46. The predicted molar refractivity (Wildman–Crippen MR) is 82.9 cm³/mol. The van der Waals surface area contributed by atoms with Gasteiger partial charge < -0.3 is 10.6 Å². The van der Waals surface area contributed by atoms with Crippen molar-refractivity contribution in [1.29, 1.82) is 0 Å². The minimum absolute atomic E-state index is 0.108. The van der Waals surface area contributed by atoms with Crippen LogP contribution in [0.2, 0.25) is 0 Å². The molecule has 2 rings (SSSR count). The van der Waals surface area contributed by atoms with Crippen LogP contribution in [0, 0.1) is 0 Å². The van der Waals surface area contributed by atoms with Crippen molar-refractivity contribution in [1.82, 2.24) is 9.62 Å². The van der Waals surface area contributed by atoms with Crippen LogP contribution in [-0.2, 0) is 10.0 Å². The predicted octanol–water partition coefficient (Wildman–Crippen LogP) is 1.00. The number of nitrogens with two attached hydrogens (primary N) is 1. The van der Waals surface area contributed by atoms with Crippen LogP contribution in [0.25, 0.3) is 0 Å². The molecular formula is C13H21N3O3S2. The number of hydrogen-bond donors (Lipinski definition) is 2. The smallest absolute Gasteiger partial charge is 0.258 e. The van der Waals surface area contributed by atoms with Crippen LogP contribution in [0.4, 0.5) is 0 Å². The van der Waals surface area contributed by atoms with Gasteiger partial charge in [-0.25, -0.2) is 13.1 Å². The van der Waals surface area contributed by atoms with E-state index in [9.17, 15) is 13.2 Å². The number of likely N-dealkylation sites (tertiary alicyclic amines) is 1. The standard InChI is InChI=1S/C13H21N3O3S2/c14-13(17)12-9-11(10-20-12)21(18,19)15-5-8-16-6-3-1-2-4-7-16/h9-10,15H,1-8H2,(H2,14,17). The summed E-state index contributed by atoms with van der Waals surface area (Å²) in [6.07, 6.45) is 4.87. The molecule has 8 heteroatoms. The van der Waals surface area contributed by atoms with Crippen LogP contribution >= 0.6 is 11.3 Å². The molecule has 21 heavy (non-hydrogen) atoms. The highest BCUT2D eigenvalue weighted by molar-refractivity contribution is 7.89. The number of carbonyl (C=O) groups excluding carboxylic acids is 1. The van der Waals surface area contributed by atoms with E-state index in [1.165, 1.54) is 37.1 Å². The molecule has 0 spiro atoms. The van der Waals surface area contributed by atoms with E-state index in [1.54, 1.807) is 0 Å². The number of rotatable bonds is 6. The summed E-state index contributed by atoms with van der Waals surface area (Å²) in [5.74, 6) is -0.606. The number of nitrogens with one attached hydrogen (secondary N) is 1. The van der Waals surface area contributed by atoms with E-state index in [0.29, 0.717) is 13.1 Å². The van der Waals surface area contributed by atoms with Crippen molar-refractivity contribution >= 4 is 27.3 Å². The zero-order valence-corrected chi connectivity index (χ0v) is 13.5. The zero-order chi connectivity index (χ0) is 15.3. The van der Waals surface area contributed by atoms with Crippen molar-refractivity contribution in [2.24, 2.45) is 5.73 Å². The normalized spacial score (nSPS) is 17.5. The number of nitrogens with zero attached hydrogens (tertiary/aromatic N) is 1. The van der Waals surface area contributed by atoms with Crippen LogP contribution < -0.4 is 10.5 Å². The number of hydrogen-bond acceptors (Lipinski definition) is 5. The fourth-order valence-corrected chi connectivity index (χ4v) is 4.52. The Hall–Kier alpha value is -0.960. The lowest BCUT2D eigenvalue weighted by Gasteiger charge is -2.19. The topological polar surface area (TPSA) is 92.5 Å². The SMILES string of the molecule is NC(=O)c1cc(S(=O)(=O)NCCN2CCCCCC2)cs1. The summed E-state index contributed by atoms with van der Waals surface area (Å²) >= 11 is 1.04. The maximum atomic E-state index is 12.1. The molecule has 1 aliphatic heterocycles. The summed E-state index contributed by atoms with van der Waals surface area (Å²) in [5, 5.41) is 1.44. The summed E-state index contributed by atoms with van der Waals surface area (Å²) < 4.78 is 26.8. The second kappa shape index (κ2) is 7.35. The van der Waals surface area contributed by atoms with Crippen LogP contribution in [0.3, 0.4) is 0 Å². The number of carbonyl (C=O) groups is 1. The van der Waals surface area contributed by atoms with E-state index in [0.717, 1.165) is 24.4 Å². The van der Waals surface area contributed by atoms with Crippen molar-refractivity contribution in [3.05, 3.63) is 16.3 Å². The first-order valence-electron chi connectivity index (χ1n) is 7.09. The maximum Gasteiger partial charge on any atom is 0.258 e. The average Bonchev–Trinajstić information content (AvgIpc) is 2.80. The summed E-state index contributed by atoms with van der Waals surface area (Å²) in [7, 11) is -3.56. The maximum absolute atomic E-state index is 12.1. The Kier molecular flexibility index (Phi) is 5.74. The monoisotopic (exact) mass is 331 g/mol. The van der Waals surface area contributed by atoms with Gasteiger partial charge in [-0.05, 0) is 32.0 Å². The Morgan fingerprint density at radius 1 is 1.29 bits per heavy atom. The summed E-state index contributed by atoms with van der Waals surface area (Å²) in [4.78, 5) is 13.7. The second-order valence-corrected chi connectivity index (χ2v) is 7.84. The summed E-state index contributed by atoms with van der Waals surface area (Å²) in [6, 6.07) is 1.32. The van der Waals surface area contributed by atoms with Crippen LogP contribution in [0.1, 0.15) is 35.4 Å². The highest BCUT2D eigenvalue weighted by Crippen LogP contribution is 2.18. The Bertz CT molecular complexity index is 575. The Morgan fingerprint density at radius 3 is 2.52 bits per heavy atom. The molecule has 3 N–H and O–H groups in total. The molecule has 118 valence electrons. The van der Waals surface area contributed by atoms with E-state index < -0.39 is 15.9 Å². The number of primary amides is 1. The summed E-state index contributed by atoms with van der Waals surface area (Å²) in [5.41, 5.74) is 5.13. The van der Waals surface area contributed by atoms with E-state index in [2.05, 4.69) is 9.62 Å². The minimum atomic E-state index is -3.56. The van der Waals surface area contributed by atoms with Gasteiger partial charge in [-0.3, -0.25) is 4.79 Å². The van der Waals surface area contributed by atoms with Crippen LogP contribution in [-0.4, -0.2) is 45.4 Å². The first-order chi connectivity index (χ1) is 9.99. The molecule has 1 saturated heterocycles. The third kappa shape index (κ3) is 4.77. The molecule has 0 unspecified atom stereocenters.